The number of benzene rings is 2. The zero-order valence-corrected chi connectivity index (χ0v) is 19.3. The Morgan fingerprint density at radius 3 is 2.00 bits per heavy atom. The zero-order valence-electron chi connectivity index (χ0n) is 19.3. The molecule has 0 aromatic heterocycles. The molecule has 0 heterocycles. The molecule has 0 saturated carbocycles. The van der Waals surface area contributed by atoms with E-state index in [-0.39, 0.29) is 5.41 Å². The number of hydrogen-bond acceptors (Lipinski definition) is 0. The molecule has 0 nitrogen and oxygen atoms in total. The van der Waals surface area contributed by atoms with Crippen LogP contribution in [0, 0.1) is 26.2 Å². The van der Waals surface area contributed by atoms with Crippen molar-refractivity contribution in [3.63, 3.8) is 0 Å². The van der Waals surface area contributed by atoms with Gasteiger partial charge < -0.3 is 0 Å². The van der Waals surface area contributed by atoms with Crippen molar-refractivity contribution in [2.45, 2.75) is 86.5 Å². The van der Waals surface area contributed by atoms with Gasteiger partial charge in [-0.05, 0) is 103 Å². The summed E-state index contributed by atoms with van der Waals surface area (Å²) in [6, 6.07) is 11.7. The Morgan fingerprint density at radius 1 is 0.929 bits per heavy atom. The number of hydrogen-bond donors (Lipinski definition) is 0. The van der Waals surface area contributed by atoms with Gasteiger partial charge in [0.25, 0.3) is 0 Å². The van der Waals surface area contributed by atoms with Gasteiger partial charge in [0.05, 0.1) is 0 Å². The van der Waals surface area contributed by atoms with Crippen molar-refractivity contribution in [2.24, 2.45) is 5.41 Å². The van der Waals surface area contributed by atoms with Gasteiger partial charge in [0.1, 0.15) is 0 Å². The Morgan fingerprint density at radius 2 is 1.50 bits per heavy atom. The minimum atomic E-state index is 0.190. The summed E-state index contributed by atoms with van der Waals surface area (Å²) in [4.78, 5) is 0. The van der Waals surface area contributed by atoms with Crippen molar-refractivity contribution < 1.29 is 0 Å². The third kappa shape index (κ3) is 4.96. The lowest BCUT2D eigenvalue weighted by atomic mass is 9.80. The highest BCUT2D eigenvalue weighted by Gasteiger charge is 2.19. The highest BCUT2D eigenvalue weighted by Crippen LogP contribution is 2.34. The van der Waals surface area contributed by atoms with Crippen molar-refractivity contribution in [1.82, 2.24) is 0 Å². The van der Waals surface area contributed by atoms with E-state index in [1.165, 1.54) is 46.2 Å². The zero-order chi connectivity index (χ0) is 20.9. The van der Waals surface area contributed by atoms with Crippen molar-refractivity contribution >= 4 is 0 Å². The summed E-state index contributed by atoms with van der Waals surface area (Å²) in [5, 5.41) is 0. The molecule has 0 amide bonds. The Bertz CT molecular complexity index is 790. The quantitative estimate of drug-likeness (QED) is 0.386. The minimum absolute atomic E-state index is 0.190. The van der Waals surface area contributed by atoms with Crippen LogP contribution in [-0.2, 0) is 12.8 Å². The molecule has 0 fully saturated rings. The van der Waals surface area contributed by atoms with Gasteiger partial charge in [-0.3, -0.25) is 0 Å². The van der Waals surface area contributed by atoms with Crippen LogP contribution in [-0.4, -0.2) is 0 Å². The lowest BCUT2D eigenvalue weighted by Gasteiger charge is -2.24. The second-order valence-electron chi connectivity index (χ2n) is 8.92. The van der Waals surface area contributed by atoms with Gasteiger partial charge in [-0.25, -0.2) is 0 Å². The first-order valence-corrected chi connectivity index (χ1v) is 11.1. The van der Waals surface area contributed by atoms with Crippen LogP contribution in [0.1, 0.15) is 91.8 Å². The molecule has 1 unspecified atom stereocenters. The summed E-state index contributed by atoms with van der Waals surface area (Å²) in [7, 11) is 0. The highest BCUT2D eigenvalue weighted by molar-refractivity contribution is 5.48. The van der Waals surface area contributed by atoms with Gasteiger partial charge in [-0.15, -0.1) is 6.58 Å². The van der Waals surface area contributed by atoms with Gasteiger partial charge in [0.2, 0.25) is 0 Å². The van der Waals surface area contributed by atoms with E-state index < -0.39 is 0 Å². The molecule has 152 valence electrons. The normalized spacial score (nSPS) is 13.6. The molecule has 0 radical (unpaired) electrons. The number of rotatable bonds is 9. The maximum Gasteiger partial charge on any atom is -0.00204 e. The van der Waals surface area contributed by atoms with Crippen LogP contribution in [0.2, 0.25) is 0 Å². The summed E-state index contributed by atoms with van der Waals surface area (Å²) in [5.74, 6) is 0.673. The largest absolute Gasteiger partial charge is 0.103 e. The molecule has 2 aromatic carbocycles. The first-order valence-electron chi connectivity index (χ1n) is 11.1. The fraction of sp³-hybridized carbons (Fsp3) is 0.500. The summed E-state index contributed by atoms with van der Waals surface area (Å²) in [6.07, 6.45) is 7.76. The van der Waals surface area contributed by atoms with E-state index in [4.69, 9.17) is 0 Å². The fourth-order valence-electron chi connectivity index (χ4n) is 4.63. The average molecular weight is 377 g/mol. The summed E-state index contributed by atoms with van der Waals surface area (Å²) in [6.45, 7) is 20.1. The molecule has 0 spiro atoms. The van der Waals surface area contributed by atoms with Crippen LogP contribution < -0.4 is 0 Å². The molecule has 0 N–H and O–H groups in total. The molecule has 0 aliphatic rings. The molecular weight excluding hydrogens is 336 g/mol. The van der Waals surface area contributed by atoms with Gasteiger partial charge in [0.15, 0.2) is 0 Å². The smallest absolute Gasteiger partial charge is 0.00204 e. The molecule has 0 aliphatic heterocycles. The van der Waals surface area contributed by atoms with Crippen LogP contribution in [0.15, 0.2) is 43.0 Å². The molecule has 2 aromatic rings. The third-order valence-electron chi connectivity index (χ3n) is 6.90. The van der Waals surface area contributed by atoms with Crippen molar-refractivity contribution in [3.8, 4) is 0 Å². The number of allylic oxidation sites excluding steroid dienone is 1. The van der Waals surface area contributed by atoms with Crippen molar-refractivity contribution in [2.75, 3.05) is 0 Å². The Labute approximate surface area is 174 Å². The molecule has 0 aliphatic carbocycles. The van der Waals surface area contributed by atoms with Gasteiger partial charge in [0, 0.05) is 0 Å². The van der Waals surface area contributed by atoms with E-state index in [9.17, 15) is 0 Å². The first kappa shape index (κ1) is 22.5. The fourth-order valence-corrected chi connectivity index (χ4v) is 4.63. The topological polar surface area (TPSA) is 0 Å². The van der Waals surface area contributed by atoms with Crippen molar-refractivity contribution in [1.29, 1.82) is 0 Å². The maximum absolute atomic E-state index is 4.04. The Balaban J connectivity index is 2.31. The minimum Gasteiger partial charge on any atom is -0.103 e. The second-order valence-corrected chi connectivity index (χ2v) is 8.92. The van der Waals surface area contributed by atoms with E-state index in [0.717, 1.165) is 19.3 Å². The third-order valence-corrected chi connectivity index (χ3v) is 6.90. The standard InChI is InChI=1S/C28H40/c1-9-25(10-2)27-21(6)17-20(5)26(22(27)7)18-23-13-15-24(16-14-23)19-28(8,11-3)12-4/h11,13-17,25H,3,9-10,12,18-19H2,1-2,4-8H3. The highest BCUT2D eigenvalue weighted by atomic mass is 14.2. The molecule has 0 bridgehead atoms. The number of aryl methyl sites for hydroxylation is 2. The predicted octanol–water partition coefficient (Wildman–Crippen LogP) is 8.25. The average Bonchev–Trinajstić information content (AvgIpc) is 2.69. The molecule has 0 saturated heterocycles. The van der Waals surface area contributed by atoms with Gasteiger partial charge in [-0.1, -0.05) is 64.1 Å². The Hall–Kier alpha value is -1.82. The molecular formula is C28H40. The van der Waals surface area contributed by atoms with Crippen LogP contribution in [0.3, 0.4) is 0 Å². The van der Waals surface area contributed by atoms with Crippen LogP contribution >= 0.6 is 0 Å². The van der Waals surface area contributed by atoms with Crippen LogP contribution in [0.5, 0.6) is 0 Å². The van der Waals surface area contributed by atoms with Crippen LogP contribution in [0.4, 0.5) is 0 Å². The van der Waals surface area contributed by atoms with E-state index >= 15 is 0 Å². The van der Waals surface area contributed by atoms with E-state index in [1.54, 1.807) is 5.56 Å². The van der Waals surface area contributed by atoms with E-state index in [2.05, 4.69) is 91.5 Å². The Kier molecular flexibility index (Phi) is 7.70. The van der Waals surface area contributed by atoms with Gasteiger partial charge in [-0.2, -0.15) is 0 Å². The summed E-state index contributed by atoms with van der Waals surface area (Å²) in [5.41, 5.74) is 10.5. The lowest BCUT2D eigenvalue weighted by molar-refractivity contribution is 0.409. The van der Waals surface area contributed by atoms with E-state index in [1.807, 2.05) is 0 Å². The first-order chi connectivity index (χ1) is 13.3. The molecule has 28 heavy (non-hydrogen) atoms. The molecule has 1 atom stereocenters. The SMILES string of the molecule is C=CC(C)(CC)Cc1ccc(Cc2c(C)cc(C)c(C(CC)CC)c2C)cc1. The molecule has 2 rings (SSSR count). The van der Waals surface area contributed by atoms with Crippen LogP contribution in [0.25, 0.3) is 0 Å². The molecule has 0 heteroatoms. The van der Waals surface area contributed by atoms with E-state index in [0.29, 0.717) is 5.92 Å². The van der Waals surface area contributed by atoms with Gasteiger partial charge >= 0.3 is 0 Å². The summed E-state index contributed by atoms with van der Waals surface area (Å²) >= 11 is 0. The van der Waals surface area contributed by atoms with Crippen molar-refractivity contribution in [3.05, 3.63) is 81.9 Å². The maximum atomic E-state index is 4.04. The monoisotopic (exact) mass is 376 g/mol. The second kappa shape index (κ2) is 9.59. The lowest BCUT2D eigenvalue weighted by Crippen LogP contribution is -2.14. The summed E-state index contributed by atoms with van der Waals surface area (Å²) < 4.78 is 0. The predicted molar refractivity (Wildman–Crippen MR) is 126 cm³/mol.